The maximum atomic E-state index is 4.59. The summed E-state index contributed by atoms with van der Waals surface area (Å²) in [5.41, 5.74) is 4.08. The number of fused-ring (bicyclic) bond motifs is 1. The first-order valence-corrected chi connectivity index (χ1v) is 11.4. The third kappa shape index (κ3) is 4.59. The molecule has 33 heavy (non-hydrogen) atoms. The Morgan fingerprint density at radius 3 is 2.61 bits per heavy atom. The van der Waals surface area contributed by atoms with Crippen LogP contribution in [-0.2, 0) is 6.54 Å². The molecule has 0 amide bonds. The lowest BCUT2D eigenvalue weighted by Gasteiger charge is -2.33. The van der Waals surface area contributed by atoms with Crippen molar-refractivity contribution in [1.29, 1.82) is 0 Å². The summed E-state index contributed by atoms with van der Waals surface area (Å²) in [6.07, 6.45) is 7.73. The molecule has 3 aromatic heterocycles. The Kier molecular flexibility index (Phi) is 5.79. The van der Waals surface area contributed by atoms with Crippen LogP contribution >= 0.6 is 0 Å². The average Bonchev–Trinajstić information content (AvgIpc) is 3.34. The van der Waals surface area contributed by atoms with Crippen molar-refractivity contribution in [3.05, 3.63) is 73.3 Å². The van der Waals surface area contributed by atoms with E-state index in [-0.39, 0.29) is 0 Å². The van der Waals surface area contributed by atoms with Crippen molar-refractivity contribution in [2.45, 2.75) is 13.5 Å². The normalized spacial score (nSPS) is 14.5. The van der Waals surface area contributed by atoms with Gasteiger partial charge in [0.15, 0.2) is 0 Å². The molecule has 1 aliphatic rings. The number of piperazine rings is 1. The molecular weight excluding hydrogens is 410 g/mol. The van der Waals surface area contributed by atoms with Gasteiger partial charge in [-0.25, -0.2) is 9.97 Å². The SMILES string of the molecule is C=C(Nc1cc2cc(-c3cnn(CC)c3)ccc2cn1)c1ccnc(N2CCN(C)CC2)c1. The molecule has 0 aliphatic carbocycles. The summed E-state index contributed by atoms with van der Waals surface area (Å²) in [6.45, 7) is 11.3. The zero-order chi connectivity index (χ0) is 22.8. The molecule has 168 valence electrons. The Balaban J connectivity index is 1.35. The minimum atomic E-state index is 0.770. The van der Waals surface area contributed by atoms with Gasteiger partial charge in [-0.15, -0.1) is 0 Å². The van der Waals surface area contributed by atoms with E-state index in [1.807, 2.05) is 29.3 Å². The lowest BCUT2D eigenvalue weighted by atomic mass is 10.0. The summed E-state index contributed by atoms with van der Waals surface area (Å²) in [7, 11) is 2.16. The van der Waals surface area contributed by atoms with Crippen LogP contribution in [-0.4, -0.2) is 57.9 Å². The molecule has 4 aromatic rings. The van der Waals surface area contributed by atoms with E-state index >= 15 is 0 Å². The van der Waals surface area contributed by atoms with Crippen LogP contribution in [0.25, 0.3) is 27.6 Å². The third-order valence-electron chi connectivity index (χ3n) is 6.21. The largest absolute Gasteiger partial charge is 0.354 e. The molecule has 0 spiro atoms. The van der Waals surface area contributed by atoms with E-state index in [0.717, 1.165) is 77.5 Å². The number of pyridine rings is 2. The van der Waals surface area contributed by atoms with Gasteiger partial charge in [0.2, 0.25) is 0 Å². The number of hydrogen-bond acceptors (Lipinski definition) is 6. The van der Waals surface area contributed by atoms with E-state index in [2.05, 4.69) is 87.3 Å². The number of nitrogens with one attached hydrogen (secondary N) is 1. The zero-order valence-corrected chi connectivity index (χ0v) is 19.2. The van der Waals surface area contributed by atoms with Crippen LogP contribution < -0.4 is 10.2 Å². The molecule has 4 heterocycles. The van der Waals surface area contributed by atoms with Crippen molar-refractivity contribution in [1.82, 2.24) is 24.6 Å². The zero-order valence-electron chi connectivity index (χ0n) is 19.2. The molecule has 7 heteroatoms. The molecule has 1 fully saturated rings. The number of likely N-dealkylation sites (N-methyl/N-ethyl adjacent to an activating group) is 1. The molecular formula is C26H29N7. The molecule has 0 saturated carbocycles. The predicted octanol–water partition coefficient (Wildman–Crippen LogP) is 4.35. The number of nitrogens with zero attached hydrogens (tertiary/aromatic N) is 6. The van der Waals surface area contributed by atoms with E-state index in [1.54, 1.807) is 0 Å². The molecule has 7 nitrogen and oxygen atoms in total. The van der Waals surface area contributed by atoms with E-state index in [4.69, 9.17) is 0 Å². The standard InChI is InChI=1S/C26H29N7/c1-4-33-18-24(17-29-33)21-5-6-22-16-28-25(14-23(22)13-21)30-19(2)20-7-8-27-26(15-20)32-11-9-31(3)10-12-32/h5-8,13-18H,2,4,9-12H2,1,3H3,(H,28,30). The summed E-state index contributed by atoms with van der Waals surface area (Å²) in [4.78, 5) is 13.8. The first-order chi connectivity index (χ1) is 16.1. The van der Waals surface area contributed by atoms with Crippen molar-refractivity contribution in [3.63, 3.8) is 0 Å². The fourth-order valence-electron chi connectivity index (χ4n) is 4.12. The Morgan fingerprint density at radius 1 is 0.970 bits per heavy atom. The molecule has 1 aromatic carbocycles. The predicted molar refractivity (Wildman–Crippen MR) is 135 cm³/mol. The summed E-state index contributed by atoms with van der Waals surface area (Å²) >= 11 is 0. The topological polar surface area (TPSA) is 62.1 Å². The Labute approximate surface area is 194 Å². The van der Waals surface area contributed by atoms with Crippen LogP contribution in [0.4, 0.5) is 11.6 Å². The minimum absolute atomic E-state index is 0.770. The van der Waals surface area contributed by atoms with E-state index in [9.17, 15) is 0 Å². The second kappa shape index (κ2) is 9.03. The van der Waals surface area contributed by atoms with Crippen LogP contribution in [0.1, 0.15) is 12.5 Å². The van der Waals surface area contributed by atoms with E-state index in [0.29, 0.717) is 0 Å². The minimum Gasteiger partial charge on any atom is -0.354 e. The van der Waals surface area contributed by atoms with Crippen molar-refractivity contribution < 1.29 is 0 Å². The fourth-order valence-corrected chi connectivity index (χ4v) is 4.12. The smallest absolute Gasteiger partial charge is 0.130 e. The van der Waals surface area contributed by atoms with Crippen LogP contribution in [0, 0.1) is 0 Å². The number of rotatable bonds is 6. The molecule has 1 saturated heterocycles. The van der Waals surface area contributed by atoms with Crippen LogP contribution in [0.2, 0.25) is 0 Å². The maximum absolute atomic E-state index is 4.59. The van der Waals surface area contributed by atoms with Gasteiger partial charge in [0, 0.05) is 73.5 Å². The summed E-state index contributed by atoms with van der Waals surface area (Å²) in [5, 5.41) is 10.00. The molecule has 0 unspecified atom stereocenters. The fraction of sp³-hybridized carbons (Fsp3) is 0.269. The molecule has 0 bridgehead atoms. The molecule has 0 radical (unpaired) electrons. The summed E-state index contributed by atoms with van der Waals surface area (Å²) in [5.74, 6) is 1.76. The number of hydrogen-bond donors (Lipinski definition) is 1. The highest BCUT2D eigenvalue weighted by Crippen LogP contribution is 2.27. The first kappa shape index (κ1) is 21.2. The first-order valence-electron chi connectivity index (χ1n) is 11.4. The lowest BCUT2D eigenvalue weighted by molar-refractivity contribution is 0.312. The van der Waals surface area contributed by atoms with Crippen molar-refractivity contribution in [2.24, 2.45) is 0 Å². The van der Waals surface area contributed by atoms with E-state index < -0.39 is 0 Å². The maximum Gasteiger partial charge on any atom is 0.130 e. The van der Waals surface area contributed by atoms with Crippen LogP contribution in [0.3, 0.4) is 0 Å². The quantitative estimate of drug-likeness (QED) is 0.482. The van der Waals surface area contributed by atoms with Crippen molar-refractivity contribution in [3.8, 4) is 11.1 Å². The highest BCUT2D eigenvalue weighted by atomic mass is 15.3. The number of benzene rings is 1. The highest BCUT2D eigenvalue weighted by Gasteiger charge is 2.16. The van der Waals surface area contributed by atoms with Gasteiger partial charge in [0.1, 0.15) is 11.6 Å². The average molecular weight is 440 g/mol. The lowest BCUT2D eigenvalue weighted by Crippen LogP contribution is -2.44. The van der Waals surface area contributed by atoms with Gasteiger partial charge in [0.25, 0.3) is 0 Å². The molecule has 5 rings (SSSR count). The van der Waals surface area contributed by atoms with Gasteiger partial charge in [-0.1, -0.05) is 18.7 Å². The van der Waals surface area contributed by atoms with Gasteiger partial charge < -0.3 is 15.1 Å². The van der Waals surface area contributed by atoms with Gasteiger partial charge in [-0.2, -0.15) is 5.10 Å². The Hall–Kier alpha value is -3.71. The molecule has 0 atom stereocenters. The van der Waals surface area contributed by atoms with Gasteiger partial charge in [0.05, 0.1) is 6.20 Å². The Morgan fingerprint density at radius 2 is 1.82 bits per heavy atom. The molecule has 1 N–H and O–H groups in total. The number of aromatic nitrogens is 4. The second-order valence-electron chi connectivity index (χ2n) is 8.51. The van der Waals surface area contributed by atoms with Gasteiger partial charge in [-0.05, 0) is 49.2 Å². The van der Waals surface area contributed by atoms with Crippen molar-refractivity contribution >= 4 is 28.1 Å². The highest BCUT2D eigenvalue weighted by molar-refractivity contribution is 5.89. The van der Waals surface area contributed by atoms with Gasteiger partial charge in [-0.3, -0.25) is 4.68 Å². The van der Waals surface area contributed by atoms with Crippen LogP contribution in [0.5, 0.6) is 0 Å². The number of anilines is 2. The number of aryl methyl sites for hydroxylation is 1. The van der Waals surface area contributed by atoms with Crippen molar-refractivity contribution in [2.75, 3.05) is 43.4 Å². The summed E-state index contributed by atoms with van der Waals surface area (Å²) < 4.78 is 1.94. The van der Waals surface area contributed by atoms with Crippen LogP contribution in [0.15, 0.2) is 67.8 Å². The van der Waals surface area contributed by atoms with E-state index in [1.165, 1.54) is 0 Å². The second-order valence-corrected chi connectivity index (χ2v) is 8.51. The summed E-state index contributed by atoms with van der Waals surface area (Å²) in [6, 6.07) is 12.6. The Bertz CT molecular complexity index is 1280. The third-order valence-corrected chi connectivity index (χ3v) is 6.21. The molecule has 1 aliphatic heterocycles. The monoisotopic (exact) mass is 439 g/mol. The van der Waals surface area contributed by atoms with Gasteiger partial charge >= 0.3 is 0 Å².